The van der Waals surface area contributed by atoms with Gasteiger partial charge in [0.2, 0.25) is 0 Å². The van der Waals surface area contributed by atoms with Crippen molar-refractivity contribution in [2.24, 2.45) is 0 Å². The summed E-state index contributed by atoms with van der Waals surface area (Å²) in [6.45, 7) is 0. The molecule has 0 bridgehead atoms. The summed E-state index contributed by atoms with van der Waals surface area (Å²) in [5, 5.41) is 0. The van der Waals surface area contributed by atoms with Crippen molar-refractivity contribution in [2.45, 2.75) is 0 Å². The Kier molecular flexibility index (Phi) is 5.45. The first-order valence-corrected chi connectivity index (χ1v) is 7.90. The quantitative estimate of drug-likeness (QED) is 0.577. The molecule has 0 N–H and O–H groups in total. The maximum atomic E-state index is 14.2. The van der Waals surface area contributed by atoms with Crippen LogP contribution in [0.5, 0.6) is 0 Å². The van der Waals surface area contributed by atoms with Crippen LogP contribution in [0.3, 0.4) is 0 Å². The maximum absolute atomic E-state index is 14.2. The van der Waals surface area contributed by atoms with Gasteiger partial charge in [-0.2, -0.15) is 0 Å². The molecular formula is C14H9BrF2NO4S-. The van der Waals surface area contributed by atoms with Gasteiger partial charge in [-0.1, -0.05) is 15.9 Å². The maximum Gasteiger partial charge on any atom is 0.340 e. The van der Waals surface area contributed by atoms with Crippen molar-refractivity contribution in [1.82, 2.24) is 0 Å². The van der Waals surface area contributed by atoms with E-state index in [1.165, 1.54) is 12.1 Å². The number of carbonyl (C=O) groups excluding carboxylic acids is 1. The molecule has 5 nitrogen and oxygen atoms in total. The van der Waals surface area contributed by atoms with Crippen LogP contribution < -0.4 is 4.31 Å². The average Bonchev–Trinajstić information content (AvgIpc) is 2.51. The molecule has 0 amide bonds. The molecule has 1 atom stereocenters. The molecule has 0 aromatic heterocycles. The van der Waals surface area contributed by atoms with Gasteiger partial charge in [-0.15, -0.1) is 0 Å². The van der Waals surface area contributed by atoms with E-state index in [9.17, 15) is 22.3 Å². The van der Waals surface area contributed by atoms with Crippen molar-refractivity contribution < 1.29 is 27.1 Å². The van der Waals surface area contributed by atoms with Gasteiger partial charge in [0, 0.05) is 10.5 Å². The van der Waals surface area contributed by atoms with Crippen LogP contribution >= 0.6 is 15.9 Å². The van der Waals surface area contributed by atoms with Crippen LogP contribution in [0, 0.1) is 11.6 Å². The highest BCUT2D eigenvalue weighted by atomic mass is 79.9. The Morgan fingerprint density at radius 1 is 1.22 bits per heavy atom. The van der Waals surface area contributed by atoms with Gasteiger partial charge < -0.3 is 9.29 Å². The van der Waals surface area contributed by atoms with Crippen molar-refractivity contribution in [3.8, 4) is 0 Å². The third-order valence-corrected chi connectivity index (χ3v) is 4.11. The summed E-state index contributed by atoms with van der Waals surface area (Å²) in [5.74, 6) is -3.24. The van der Waals surface area contributed by atoms with Gasteiger partial charge >= 0.3 is 5.97 Å². The third kappa shape index (κ3) is 3.74. The lowest BCUT2D eigenvalue weighted by Crippen LogP contribution is -2.21. The second-order valence-corrected chi connectivity index (χ2v) is 5.98. The number of benzene rings is 2. The molecule has 0 radical (unpaired) electrons. The fraction of sp³-hybridized carbons (Fsp3) is 0.0714. The summed E-state index contributed by atoms with van der Waals surface area (Å²) < 4.78 is 56.7. The minimum absolute atomic E-state index is 0.102. The van der Waals surface area contributed by atoms with Gasteiger partial charge in [-0.05, 0) is 30.3 Å². The van der Waals surface area contributed by atoms with E-state index in [-0.39, 0.29) is 5.69 Å². The predicted octanol–water partition coefficient (Wildman–Crippen LogP) is 3.45. The number of halogens is 3. The van der Waals surface area contributed by atoms with E-state index in [2.05, 4.69) is 20.7 Å². The Balaban J connectivity index is 2.56. The van der Waals surface area contributed by atoms with E-state index in [0.717, 1.165) is 7.11 Å². The molecule has 0 fully saturated rings. The van der Waals surface area contributed by atoms with E-state index in [4.69, 9.17) is 0 Å². The number of anilines is 2. The zero-order chi connectivity index (χ0) is 17.1. The van der Waals surface area contributed by atoms with Gasteiger partial charge in [0.05, 0.1) is 35.3 Å². The normalized spacial score (nSPS) is 11.9. The number of ether oxygens (including phenoxy) is 1. The average molecular weight is 405 g/mol. The smallest absolute Gasteiger partial charge is 0.340 e. The lowest BCUT2D eigenvalue weighted by atomic mass is 10.1. The number of esters is 1. The molecule has 0 saturated carbocycles. The molecule has 0 heterocycles. The predicted molar refractivity (Wildman–Crippen MR) is 82.9 cm³/mol. The van der Waals surface area contributed by atoms with Gasteiger partial charge in [0.1, 0.15) is 11.6 Å². The van der Waals surface area contributed by atoms with Crippen LogP contribution in [0.4, 0.5) is 20.2 Å². The topological polar surface area (TPSA) is 69.7 Å². The lowest BCUT2D eigenvalue weighted by molar-refractivity contribution is 0.0595. The number of hydrogen-bond acceptors (Lipinski definition) is 4. The lowest BCUT2D eigenvalue weighted by Gasteiger charge is -2.27. The summed E-state index contributed by atoms with van der Waals surface area (Å²) in [6, 6.07) is 7.13. The van der Waals surface area contributed by atoms with E-state index in [1.54, 1.807) is 12.1 Å². The fourth-order valence-corrected chi connectivity index (χ4v) is 2.70. The van der Waals surface area contributed by atoms with Crippen molar-refractivity contribution >= 4 is 44.5 Å². The highest BCUT2D eigenvalue weighted by Crippen LogP contribution is 2.32. The number of rotatable bonds is 4. The zero-order valence-corrected chi connectivity index (χ0v) is 14.0. The second kappa shape index (κ2) is 7.16. The van der Waals surface area contributed by atoms with Crippen LogP contribution in [0.1, 0.15) is 10.4 Å². The Morgan fingerprint density at radius 2 is 1.83 bits per heavy atom. The number of nitrogens with zero attached hydrogens (tertiary/aromatic N) is 1. The van der Waals surface area contributed by atoms with Gasteiger partial charge in [0.25, 0.3) is 0 Å². The Hall–Kier alpha value is -1.84. The summed E-state index contributed by atoms with van der Waals surface area (Å²) in [4.78, 5) is 11.3. The van der Waals surface area contributed by atoms with E-state index >= 15 is 0 Å². The molecule has 122 valence electrons. The fourth-order valence-electron chi connectivity index (χ4n) is 1.84. The second-order valence-electron chi connectivity index (χ2n) is 4.26. The van der Waals surface area contributed by atoms with Gasteiger partial charge in [-0.3, -0.25) is 8.51 Å². The first-order chi connectivity index (χ1) is 10.8. The van der Waals surface area contributed by atoms with Crippen molar-refractivity contribution in [3.63, 3.8) is 0 Å². The Morgan fingerprint density at radius 3 is 2.35 bits per heavy atom. The Labute approximate surface area is 141 Å². The monoisotopic (exact) mass is 404 g/mol. The third-order valence-electron chi connectivity index (χ3n) is 2.87. The summed E-state index contributed by atoms with van der Waals surface area (Å²) in [7, 11) is 1.02. The Bertz CT molecular complexity index is 770. The van der Waals surface area contributed by atoms with E-state index in [1.807, 2.05) is 0 Å². The van der Waals surface area contributed by atoms with Crippen molar-refractivity contribution in [1.29, 1.82) is 0 Å². The highest BCUT2D eigenvalue weighted by molar-refractivity contribution is 9.10. The van der Waals surface area contributed by atoms with Crippen LogP contribution in [-0.2, 0) is 16.0 Å². The molecule has 1 unspecified atom stereocenters. The molecule has 2 rings (SSSR count). The number of hydrogen-bond donors (Lipinski definition) is 0. The molecule has 2 aromatic carbocycles. The molecule has 0 spiro atoms. The molecule has 0 saturated heterocycles. The van der Waals surface area contributed by atoms with Gasteiger partial charge in [-0.25, -0.2) is 13.6 Å². The largest absolute Gasteiger partial charge is 0.755 e. The first kappa shape index (κ1) is 17.5. The molecule has 0 aliphatic rings. The van der Waals surface area contributed by atoms with E-state index in [0.29, 0.717) is 20.9 Å². The zero-order valence-electron chi connectivity index (χ0n) is 11.6. The standard InChI is InChI=1S/C14H10BrF2NO4S/c1-22-14(19)10-6-12(17)13(7-11(10)16)18(23(20)21)9-4-2-8(15)3-5-9/h2-7H,1H3,(H,20,21)/p-1. The summed E-state index contributed by atoms with van der Waals surface area (Å²) in [5.41, 5.74) is -1.07. The highest BCUT2D eigenvalue weighted by Gasteiger charge is 2.21. The molecule has 9 heteroatoms. The SMILES string of the molecule is COC(=O)c1cc(F)c(N(c2ccc(Br)cc2)S(=O)[O-])cc1F. The van der Waals surface area contributed by atoms with Crippen LogP contribution in [0.25, 0.3) is 0 Å². The van der Waals surface area contributed by atoms with Crippen LogP contribution in [0.15, 0.2) is 40.9 Å². The number of carbonyl (C=O) groups is 1. The summed E-state index contributed by atoms with van der Waals surface area (Å²) >= 11 is 0.285. The summed E-state index contributed by atoms with van der Waals surface area (Å²) in [6.07, 6.45) is 0. The van der Waals surface area contributed by atoms with Gasteiger partial charge in [0.15, 0.2) is 0 Å². The van der Waals surface area contributed by atoms with Crippen molar-refractivity contribution in [3.05, 3.63) is 58.1 Å². The molecular weight excluding hydrogens is 396 g/mol. The van der Waals surface area contributed by atoms with Crippen molar-refractivity contribution in [2.75, 3.05) is 11.4 Å². The van der Waals surface area contributed by atoms with E-state index < -0.39 is 40.1 Å². The van der Waals surface area contributed by atoms with Crippen LogP contribution in [0.2, 0.25) is 0 Å². The molecule has 2 aromatic rings. The minimum Gasteiger partial charge on any atom is -0.755 e. The molecule has 23 heavy (non-hydrogen) atoms. The first-order valence-electron chi connectivity index (χ1n) is 6.07. The van der Waals surface area contributed by atoms with Crippen LogP contribution in [-0.4, -0.2) is 21.8 Å². The minimum atomic E-state index is -2.90. The molecule has 0 aliphatic carbocycles. The molecule has 0 aliphatic heterocycles. The number of methoxy groups -OCH3 is 1.